The van der Waals surface area contributed by atoms with E-state index in [2.05, 4.69) is 32.6 Å². The average Bonchev–Trinajstić information content (AvgIpc) is 2.32. The highest BCUT2D eigenvalue weighted by Gasteiger charge is 2.16. The molecule has 0 amide bonds. The molecule has 0 atom stereocenters. The fourth-order valence-electron chi connectivity index (χ4n) is 1.68. The third-order valence-corrected chi connectivity index (χ3v) is 2.97. The summed E-state index contributed by atoms with van der Waals surface area (Å²) in [5.41, 5.74) is 9.59. The molecule has 1 saturated heterocycles. The van der Waals surface area contributed by atoms with Gasteiger partial charge < -0.3 is 16.1 Å². The molecule has 0 unspecified atom stereocenters. The van der Waals surface area contributed by atoms with E-state index in [9.17, 15) is 0 Å². The van der Waals surface area contributed by atoms with Crippen LogP contribution in [0.4, 0.5) is 5.82 Å². The third-order valence-electron chi connectivity index (χ3n) is 2.75. The lowest BCUT2D eigenvalue weighted by Gasteiger charge is -2.32. The first-order chi connectivity index (χ1) is 8.16. The zero-order valence-corrected chi connectivity index (χ0v) is 10.6. The molecule has 0 saturated carbocycles. The second kappa shape index (κ2) is 5.35. The highest BCUT2D eigenvalue weighted by atomic mass is 32.1. The molecule has 1 aliphatic heterocycles. The van der Waals surface area contributed by atoms with Crippen LogP contribution in [-0.4, -0.2) is 58.3 Å². The first kappa shape index (κ1) is 12.2. The van der Waals surface area contributed by atoms with Gasteiger partial charge in [-0.15, -0.1) is 5.10 Å². The first-order valence-corrected chi connectivity index (χ1v) is 5.89. The standard InChI is InChI=1S/C10H16N6S/c1-15-4-6-16(7-5-15)14-10-8(9(11)17)2-3-12-13-10/h2-3H,4-7H2,1H3,(H2,11,17)(H,13,14). The molecule has 92 valence electrons. The predicted octanol–water partition coefficient (Wildman–Crippen LogP) is -0.315. The molecule has 2 rings (SSSR count). The van der Waals surface area contributed by atoms with Crippen LogP contribution in [-0.2, 0) is 0 Å². The molecule has 0 bridgehead atoms. The fourth-order valence-corrected chi connectivity index (χ4v) is 1.85. The Morgan fingerprint density at radius 1 is 1.41 bits per heavy atom. The van der Waals surface area contributed by atoms with Gasteiger partial charge in [0.15, 0.2) is 5.82 Å². The van der Waals surface area contributed by atoms with Crippen molar-refractivity contribution in [3.63, 3.8) is 0 Å². The smallest absolute Gasteiger partial charge is 0.173 e. The van der Waals surface area contributed by atoms with Crippen molar-refractivity contribution in [3.05, 3.63) is 17.8 Å². The molecular formula is C10H16N6S. The van der Waals surface area contributed by atoms with Gasteiger partial charge in [0.1, 0.15) is 4.99 Å². The van der Waals surface area contributed by atoms with Crippen LogP contribution < -0.4 is 11.2 Å². The number of hydrogen-bond acceptors (Lipinski definition) is 6. The SMILES string of the molecule is CN1CCN(Nc2nnccc2C(N)=S)CC1. The Balaban J connectivity index is 2.05. The molecule has 0 aromatic carbocycles. The quantitative estimate of drug-likeness (QED) is 0.715. The molecule has 0 radical (unpaired) electrons. The normalized spacial score (nSPS) is 17.9. The Morgan fingerprint density at radius 2 is 2.12 bits per heavy atom. The van der Waals surface area contributed by atoms with Crippen molar-refractivity contribution in [2.45, 2.75) is 0 Å². The lowest BCUT2D eigenvalue weighted by molar-refractivity contribution is 0.178. The molecular weight excluding hydrogens is 236 g/mol. The summed E-state index contributed by atoms with van der Waals surface area (Å²) in [6.45, 7) is 3.92. The number of anilines is 1. The highest BCUT2D eigenvalue weighted by molar-refractivity contribution is 7.80. The van der Waals surface area contributed by atoms with E-state index in [1.54, 1.807) is 12.3 Å². The summed E-state index contributed by atoms with van der Waals surface area (Å²) in [6, 6.07) is 1.77. The monoisotopic (exact) mass is 252 g/mol. The van der Waals surface area contributed by atoms with E-state index in [1.165, 1.54) is 0 Å². The molecule has 1 aliphatic rings. The van der Waals surface area contributed by atoms with Crippen LogP contribution in [0.25, 0.3) is 0 Å². The van der Waals surface area contributed by atoms with Crippen molar-refractivity contribution >= 4 is 23.0 Å². The number of likely N-dealkylation sites (N-methyl/N-ethyl adjacent to an activating group) is 1. The maximum absolute atomic E-state index is 5.64. The minimum absolute atomic E-state index is 0.330. The van der Waals surface area contributed by atoms with Crippen LogP contribution in [0.15, 0.2) is 12.3 Å². The number of hydrazine groups is 1. The van der Waals surface area contributed by atoms with Crippen molar-refractivity contribution in [2.75, 3.05) is 38.7 Å². The summed E-state index contributed by atoms with van der Waals surface area (Å²) in [7, 11) is 2.11. The summed E-state index contributed by atoms with van der Waals surface area (Å²) in [5, 5.41) is 9.98. The molecule has 7 heteroatoms. The van der Waals surface area contributed by atoms with Crippen molar-refractivity contribution in [3.8, 4) is 0 Å². The van der Waals surface area contributed by atoms with E-state index in [-0.39, 0.29) is 0 Å². The average molecular weight is 252 g/mol. The molecule has 0 aliphatic carbocycles. The number of nitrogens with zero attached hydrogens (tertiary/aromatic N) is 4. The first-order valence-electron chi connectivity index (χ1n) is 5.48. The summed E-state index contributed by atoms with van der Waals surface area (Å²) >= 11 is 4.98. The summed E-state index contributed by atoms with van der Waals surface area (Å²) in [4.78, 5) is 2.61. The van der Waals surface area contributed by atoms with Crippen molar-refractivity contribution in [2.24, 2.45) is 5.73 Å². The Labute approximate surface area is 106 Å². The number of thiocarbonyl (C=S) groups is 1. The van der Waals surface area contributed by atoms with Crippen LogP contribution in [0.2, 0.25) is 0 Å². The third kappa shape index (κ3) is 3.09. The Morgan fingerprint density at radius 3 is 2.76 bits per heavy atom. The summed E-state index contributed by atoms with van der Waals surface area (Å²) < 4.78 is 0. The predicted molar refractivity (Wildman–Crippen MR) is 70.6 cm³/mol. The van der Waals surface area contributed by atoms with Gasteiger partial charge in [-0.3, -0.25) is 0 Å². The van der Waals surface area contributed by atoms with Gasteiger partial charge in [0, 0.05) is 26.2 Å². The molecule has 17 heavy (non-hydrogen) atoms. The number of rotatable bonds is 3. The topological polar surface area (TPSA) is 70.3 Å². The van der Waals surface area contributed by atoms with Crippen LogP contribution in [0.3, 0.4) is 0 Å². The fraction of sp³-hybridized carbons (Fsp3) is 0.500. The van der Waals surface area contributed by atoms with Gasteiger partial charge in [-0.2, -0.15) is 5.10 Å². The molecule has 6 nitrogen and oxygen atoms in total. The van der Waals surface area contributed by atoms with Crippen LogP contribution in [0.1, 0.15) is 5.56 Å². The lowest BCUT2D eigenvalue weighted by atomic mass is 10.3. The summed E-state index contributed by atoms with van der Waals surface area (Å²) in [6.07, 6.45) is 1.59. The maximum Gasteiger partial charge on any atom is 0.173 e. The van der Waals surface area contributed by atoms with Gasteiger partial charge in [-0.05, 0) is 13.1 Å². The van der Waals surface area contributed by atoms with Gasteiger partial charge in [0.05, 0.1) is 11.8 Å². The van der Waals surface area contributed by atoms with Gasteiger partial charge in [-0.25, -0.2) is 5.01 Å². The van der Waals surface area contributed by atoms with Gasteiger partial charge in [-0.1, -0.05) is 12.2 Å². The largest absolute Gasteiger partial charge is 0.389 e. The van der Waals surface area contributed by atoms with Gasteiger partial charge >= 0.3 is 0 Å². The van der Waals surface area contributed by atoms with Crippen LogP contribution >= 0.6 is 12.2 Å². The van der Waals surface area contributed by atoms with E-state index >= 15 is 0 Å². The van der Waals surface area contributed by atoms with E-state index in [1.807, 2.05) is 0 Å². The van der Waals surface area contributed by atoms with E-state index in [4.69, 9.17) is 18.0 Å². The molecule has 1 aromatic heterocycles. The number of aromatic nitrogens is 2. The van der Waals surface area contributed by atoms with Crippen molar-refractivity contribution in [1.82, 2.24) is 20.1 Å². The second-order valence-corrected chi connectivity index (χ2v) is 4.50. The molecule has 2 heterocycles. The van der Waals surface area contributed by atoms with E-state index < -0.39 is 0 Å². The second-order valence-electron chi connectivity index (χ2n) is 4.06. The van der Waals surface area contributed by atoms with Gasteiger partial charge in [0.25, 0.3) is 0 Å². The van der Waals surface area contributed by atoms with Gasteiger partial charge in [0.2, 0.25) is 0 Å². The van der Waals surface area contributed by atoms with Crippen LogP contribution in [0, 0.1) is 0 Å². The zero-order valence-electron chi connectivity index (χ0n) is 9.76. The van der Waals surface area contributed by atoms with E-state index in [0.29, 0.717) is 10.8 Å². The molecule has 0 spiro atoms. The number of nitrogens with two attached hydrogens (primary N) is 1. The maximum atomic E-state index is 5.64. The zero-order chi connectivity index (χ0) is 12.3. The Kier molecular flexibility index (Phi) is 3.82. The van der Waals surface area contributed by atoms with Crippen molar-refractivity contribution in [1.29, 1.82) is 0 Å². The number of nitrogens with one attached hydrogen (secondary N) is 1. The minimum Gasteiger partial charge on any atom is -0.389 e. The van der Waals surface area contributed by atoms with Crippen LogP contribution in [0.5, 0.6) is 0 Å². The summed E-state index contributed by atoms with van der Waals surface area (Å²) in [5.74, 6) is 0.629. The van der Waals surface area contributed by atoms with E-state index in [0.717, 1.165) is 31.7 Å². The molecule has 3 N–H and O–H groups in total. The van der Waals surface area contributed by atoms with Crippen molar-refractivity contribution < 1.29 is 0 Å². The Bertz CT molecular complexity index is 402. The number of piperazine rings is 1. The Hall–Kier alpha value is -1.31. The molecule has 1 aromatic rings. The number of hydrogen-bond donors (Lipinski definition) is 2. The minimum atomic E-state index is 0.330. The highest BCUT2D eigenvalue weighted by Crippen LogP contribution is 2.11. The lowest BCUT2D eigenvalue weighted by Crippen LogP contribution is -2.47. The molecule has 1 fully saturated rings.